The smallest absolute Gasteiger partial charge is 0.337 e. The molecule has 4 N–H and O–H groups in total. The van der Waals surface area contributed by atoms with E-state index in [9.17, 15) is 18.7 Å². The van der Waals surface area contributed by atoms with Gasteiger partial charge in [-0.1, -0.05) is 55.5 Å². The average molecular weight is 490 g/mol. The van der Waals surface area contributed by atoms with Crippen LogP contribution in [-0.2, 0) is 19.4 Å². The summed E-state index contributed by atoms with van der Waals surface area (Å²) in [5, 5.41) is 14.4. The van der Waals surface area contributed by atoms with Crippen molar-refractivity contribution in [2.24, 2.45) is 5.73 Å². The van der Waals surface area contributed by atoms with E-state index >= 15 is 0 Å². The molecule has 0 aliphatic carbocycles. The molecule has 0 aliphatic heterocycles. The molecule has 1 aromatic heterocycles. The number of fused-ring (bicyclic) bond motifs is 1. The van der Waals surface area contributed by atoms with Gasteiger partial charge in [-0.3, -0.25) is 4.98 Å². The highest BCUT2D eigenvalue weighted by atomic mass is 19.1. The molecule has 0 bridgehead atoms. The van der Waals surface area contributed by atoms with Crippen LogP contribution in [0.15, 0.2) is 72.9 Å². The quantitative estimate of drug-likeness (QED) is 0.284. The fourth-order valence-electron chi connectivity index (χ4n) is 4.61. The van der Waals surface area contributed by atoms with Crippen LogP contribution in [0, 0.1) is 11.6 Å². The Labute approximate surface area is 209 Å². The minimum absolute atomic E-state index is 0.109. The highest BCUT2D eigenvalue weighted by Crippen LogP contribution is 2.29. The number of carboxylic acids is 1. The molecule has 0 fully saturated rings. The lowest BCUT2D eigenvalue weighted by molar-refractivity contribution is 0.0698. The molecule has 36 heavy (non-hydrogen) atoms. The molecule has 0 spiro atoms. The fourth-order valence-corrected chi connectivity index (χ4v) is 4.61. The van der Waals surface area contributed by atoms with Gasteiger partial charge >= 0.3 is 5.97 Å². The molecular weight excluding hydrogens is 460 g/mol. The van der Waals surface area contributed by atoms with Gasteiger partial charge in [0.1, 0.15) is 11.6 Å². The maximum absolute atomic E-state index is 13.8. The molecule has 0 amide bonds. The maximum atomic E-state index is 13.8. The van der Waals surface area contributed by atoms with Gasteiger partial charge in [0, 0.05) is 42.7 Å². The van der Waals surface area contributed by atoms with Gasteiger partial charge in [0.25, 0.3) is 0 Å². The van der Waals surface area contributed by atoms with Crippen molar-refractivity contribution in [3.05, 3.63) is 113 Å². The summed E-state index contributed by atoms with van der Waals surface area (Å²) in [4.78, 5) is 16.3. The van der Waals surface area contributed by atoms with Gasteiger partial charge in [-0.05, 0) is 47.1 Å². The first kappa shape index (κ1) is 25.4. The third-order valence-corrected chi connectivity index (χ3v) is 6.41. The molecule has 5 nitrogen and oxygen atoms in total. The van der Waals surface area contributed by atoms with Crippen molar-refractivity contribution in [3.8, 4) is 0 Å². The van der Waals surface area contributed by atoms with Gasteiger partial charge in [0.15, 0.2) is 0 Å². The van der Waals surface area contributed by atoms with E-state index in [1.807, 2.05) is 24.3 Å². The lowest BCUT2D eigenvalue weighted by Gasteiger charge is -2.26. The first-order chi connectivity index (χ1) is 17.4. The lowest BCUT2D eigenvalue weighted by atomic mass is 9.88. The molecule has 2 atom stereocenters. The Hall–Kier alpha value is -3.68. The van der Waals surface area contributed by atoms with E-state index in [1.165, 1.54) is 23.9 Å². The number of pyridine rings is 1. The largest absolute Gasteiger partial charge is 0.478 e. The number of benzene rings is 3. The van der Waals surface area contributed by atoms with E-state index < -0.39 is 23.6 Å². The van der Waals surface area contributed by atoms with Gasteiger partial charge in [0.05, 0.1) is 11.3 Å². The third kappa shape index (κ3) is 5.93. The number of aromatic carboxylic acids is 1. The summed E-state index contributed by atoms with van der Waals surface area (Å²) >= 11 is 0. The number of nitrogens with one attached hydrogen (secondary N) is 1. The second kappa shape index (κ2) is 11.4. The number of nitrogens with two attached hydrogens (primary N) is 1. The van der Waals surface area contributed by atoms with Crippen LogP contribution in [0.4, 0.5) is 8.78 Å². The van der Waals surface area contributed by atoms with Gasteiger partial charge in [-0.25, -0.2) is 13.6 Å². The summed E-state index contributed by atoms with van der Waals surface area (Å²) < 4.78 is 27.6. The summed E-state index contributed by atoms with van der Waals surface area (Å²) in [5.74, 6) is -2.72. The van der Waals surface area contributed by atoms with Crippen LogP contribution in [0.25, 0.3) is 10.8 Å². The fraction of sp³-hybridized carbons (Fsp3) is 0.241. The van der Waals surface area contributed by atoms with Crippen molar-refractivity contribution in [3.63, 3.8) is 0 Å². The van der Waals surface area contributed by atoms with E-state index in [2.05, 4.69) is 29.4 Å². The Bertz CT molecular complexity index is 1360. The number of hydrogen-bond donors (Lipinski definition) is 3. The molecular formula is C29H29F2N3O2. The molecule has 4 rings (SSSR count). The van der Waals surface area contributed by atoms with Crippen LogP contribution in [-0.4, -0.2) is 28.6 Å². The van der Waals surface area contributed by atoms with Crippen LogP contribution in [0.1, 0.15) is 45.6 Å². The zero-order valence-corrected chi connectivity index (χ0v) is 20.0. The molecule has 7 heteroatoms. The predicted molar refractivity (Wildman–Crippen MR) is 137 cm³/mol. The molecule has 186 valence electrons. The molecule has 1 heterocycles. The standard InChI is InChI=1S/C29H29F2N3O2/c1-2-18-6-5-7-19(10-18)15-33-16-26(27(32)13-20-11-21(30)14-22(31)12-20)28-24-9-4-3-8-23(24)25(17-34-28)29(35)36/h3-12,14,17,26-27,33H,2,13,15-16,32H2,1H3,(H,35,36)/t26-,27+/m1/s1. The van der Waals surface area contributed by atoms with E-state index in [1.54, 1.807) is 12.1 Å². The predicted octanol–water partition coefficient (Wildman–Crippen LogP) is 5.22. The zero-order valence-electron chi connectivity index (χ0n) is 20.0. The Balaban J connectivity index is 1.67. The number of rotatable bonds is 10. The van der Waals surface area contributed by atoms with Gasteiger partial charge < -0.3 is 16.2 Å². The molecule has 0 radical (unpaired) electrons. The third-order valence-electron chi connectivity index (χ3n) is 6.41. The van der Waals surface area contributed by atoms with Crippen LogP contribution >= 0.6 is 0 Å². The minimum atomic E-state index is -1.06. The van der Waals surface area contributed by atoms with E-state index in [-0.39, 0.29) is 17.9 Å². The van der Waals surface area contributed by atoms with Crippen LogP contribution in [0.3, 0.4) is 0 Å². The van der Waals surface area contributed by atoms with Crippen molar-refractivity contribution >= 4 is 16.7 Å². The molecule has 3 aromatic carbocycles. The summed E-state index contributed by atoms with van der Waals surface area (Å²) in [6.07, 6.45) is 2.52. The van der Waals surface area contributed by atoms with Crippen molar-refractivity contribution in [2.45, 2.75) is 38.3 Å². The van der Waals surface area contributed by atoms with Crippen molar-refractivity contribution in [2.75, 3.05) is 6.54 Å². The molecule has 0 aliphatic rings. The molecule has 0 saturated heterocycles. The summed E-state index contributed by atoms with van der Waals surface area (Å²) in [7, 11) is 0. The number of aromatic nitrogens is 1. The van der Waals surface area contributed by atoms with Crippen LogP contribution in [0.2, 0.25) is 0 Å². The number of nitrogens with zero attached hydrogens (tertiary/aromatic N) is 1. The van der Waals surface area contributed by atoms with Crippen molar-refractivity contribution < 1.29 is 18.7 Å². The summed E-state index contributed by atoms with van der Waals surface area (Å²) in [6.45, 7) is 3.16. The van der Waals surface area contributed by atoms with Gasteiger partial charge in [-0.2, -0.15) is 0 Å². The number of hydrogen-bond acceptors (Lipinski definition) is 4. The highest BCUT2D eigenvalue weighted by Gasteiger charge is 2.25. The number of halogens is 2. The number of carboxylic acid groups (broad SMARTS) is 1. The number of carbonyl (C=O) groups is 1. The summed E-state index contributed by atoms with van der Waals surface area (Å²) in [5.41, 5.74) is 10.2. The molecule has 4 aromatic rings. The monoisotopic (exact) mass is 489 g/mol. The molecule has 0 saturated carbocycles. The SMILES string of the molecule is CCc1cccc(CNC[C@@H](c2ncc(C(=O)O)c3ccccc23)[C@@H](N)Cc2cc(F)cc(F)c2)c1. The normalized spacial score (nSPS) is 13.0. The van der Waals surface area contributed by atoms with Crippen LogP contribution in [0.5, 0.6) is 0 Å². The Kier molecular flexibility index (Phi) is 8.03. The first-order valence-corrected chi connectivity index (χ1v) is 12.0. The first-order valence-electron chi connectivity index (χ1n) is 12.0. The zero-order chi connectivity index (χ0) is 25.7. The van der Waals surface area contributed by atoms with E-state index in [0.717, 1.165) is 18.1 Å². The van der Waals surface area contributed by atoms with E-state index in [0.29, 0.717) is 35.1 Å². The maximum Gasteiger partial charge on any atom is 0.337 e. The van der Waals surface area contributed by atoms with Gasteiger partial charge in [-0.15, -0.1) is 0 Å². The second-order valence-corrected chi connectivity index (χ2v) is 8.96. The second-order valence-electron chi connectivity index (χ2n) is 8.96. The van der Waals surface area contributed by atoms with Crippen molar-refractivity contribution in [1.82, 2.24) is 10.3 Å². The van der Waals surface area contributed by atoms with Crippen molar-refractivity contribution in [1.29, 1.82) is 0 Å². The molecule has 0 unspecified atom stereocenters. The highest BCUT2D eigenvalue weighted by molar-refractivity contribution is 6.04. The summed E-state index contributed by atoms with van der Waals surface area (Å²) in [6, 6.07) is 18.3. The number of aryl methyl sites for hydroxylation is 1. The minimum Gasteiger partial charge on any atom is -0.478 e. The Morgan fingerprint density at radius 1 is 0.972 bits per heavy atom. The lowest BCUT2D eigenvalue weighted by Crippen LogP contribution is -2.37. The average Bonchev–Trinajstić information content (AvgIpc) is 2.85. The topological polar surface area (TPSA) is 88.2 Å². The Morgan fingerprint density at radius 2 is 1.67 bits per heavy atom. The van der Waals surface area contributed by atoms with E-state index in [4.69, 9.17) is 5.73 Å². The van der Waals surface area contributed by atoms with Gasteiger partial charge in [0.2, 0.25) is 0 Å². The van der Waals surface area contributed by atoms with Crippen LogP contribution < -0.4 is 11.1 Å². The Morgan fingerprint density at radius 3 is 2.36 bits per heavy atom.